The molecule has 0 radical (unpaired) electrons. The molecule has 0 aliphatic carbocycles. The van der Waals surface area contributed by atoms with Gasteiger partial charge < -0.3 is 9.64 Å². The highest BCUT2D eigenvalue weighted by atomic mass is 32.2. The Kier molecular flexibility index (Phi) is 5.46. The summed E-state index contributed by atoms with van der Waals surface area (Å²) in [6.07, 6.45) is 5.07. The molecule has 0 N–H and O–H groups in total. The largest absolute Gasteiger partial charge is 0.373 e. The van der Waals surface area contributed by atoms with Crippen LogP contribution in [0.1, 0.15) is 46.3 Å². The lowest BCUT2D eigenvalue weighted by molar-refractivity contribution is 0.0563. The standard InChI is InChI=1S/C18H26N2O2S2/c21-18(17-4-3-16(24-17)15-2-1-11-22-15)20-9-7-19(8-10-20)14-5-12-23-13-6-14/h3-4,14-15H,1-2,5-13H2/t15-/m1/s1. The normalized spacial score (nSPS) is 26.8. The number of thiophene rings is 1. The highest BCUT2D eigenvalue weighted by molar-refractivity contribution is 7.99. The summed E-state index contributed by atoms with van der Waals surface area (Å²) >= 11 is 3.71. The zero-order chi connectivity index (χ0) is 16.4. The van der Waals surface area contributed by atoms with Gasteiger partial charge in [0.2, 0.25) is 0 Å². The Morgan fingerprint density at radius 2 is 1.88 bits per heavy atom. The van der Waals surface area contributed by atoms with Gasteiger partial charge in [0.1, 0.15) is 0 Å². The van der Waals surface area contributed by atoms with Crippen LogP contribution in [0.25, 0.3) is 0 Å². The van der Waals surface area contributed by atoms with Crippen LogP contribution in [0.3, 0.4) is 0 Å². The fraction of sp³-hybridized carbons (Fsp3) is 0.722. The van der Waals surface area contributed by atoms with Crippen LogP contribution in [0.5, 0.6) is 0 Å². The number of rotatable bonds is 3. The molecule has 6 heteroatoms. The lowest BCUT2D eigenvalue weighted by Gasteiger charge is -2.40. The number of amides is 1. The molecule has 1 atom stereocenters. The van der Waals surface area contributed by atoms with Crippen molar-refractivity contribution in [3.63, 3.8) is 0 Å². The van der Waals surface area contributed by atoms with Gasteiger partial charge in [-0.3, -0.25) is 9.69 Å². The first-order valence-electron chi connectivity index (χ1n) is 9.13. The zero-order valence-electron chi connectivity index (χ0n) is 14.1. The van der Waals surface area contributed by atoms with E-state index in [1.54, 1.807) is 11.3 Å². The van der Waals surface area contributed by atoms with E-state index in [9.17, 15) is 4.79 Å². The van der Waals surface area contributed by atoms with Crippen molar-refractivity contribution < 1.29 is 9.53 Å². The third kappa shape index (κ3) is 3.66. The minimum absolute atomic E-state index is 0.211. The Hall–Kier alpha value is -0.560. The summed E-state index contributed by atoms with van der Waals surface area (Å²) < 4.78 is 5.74. The van der Waals surface area contributed by atoms with E-state index in [2.05, 4.69) is 22.7 Å². The number of carbonyl (C=O) groups is 1. The number of ether oxygens (including phenoxy) is 1. The molecule has 3 saturated heterocycles. The number of piperazine rings is 1. The van der Waals surface area contributed by atoms with E-state index in [1.807, 2.05) is 11.0 Å². The predicted molar refractivity (Wildman–Crippen MR) is 100 cm³/mol. The van der Waals surface area contributed by atoms with Gasteiger partial charge in [0.05, 0.1) is 11.0 Å². The summed E-state index contributed by atoms with van der Waals surface area (Å²) in [4.78, 5) is 19.5. The van der Waals surface area contributed by atoms with Crippen LogP contribution < -0.4 is 0 Å². The number of carbonyl (C=O) groups excluding carboxylic acids is 1. The van der Waals surface area contributed by atoms with Gasteiger partial charge in [0, 0.05) is 43.7 Å². The molecule has 0 aromatic carbocycles. The third-order valence-corrected chi connectivity index (χ3v) is 7.61. The number of thioether (sulfide) groups is 1. The molecule has 4 rings (SSSR count). The fourth-order valence-corrected chi connectivity index (χ4v) is 6.08. The lowest BCUT2D eigenvalue weighted by atomic mass is 10.1. The molecular formula is C18H26N2O2S2. The van der Waals surface area contributed by atoms with Gasteiger partial charge in [-0.05, 0) is 49.3 Å². The predicted octanol–water partition coefficient (Wildman–Crippen LogP) is 3.25. The van der Waals surface area contributed by atoms with Crippen LogP contribution in [0, 0.1) is 0 Å². The summed E-state index contributed by atoms with van der Waals surface area (Å²) in [5, 5.41) is 0. The second-order valence-electron chi connectivity index (χ2n) is 6.88. The van der Waals surface area contributed by atoms with Crippen molar-refractivity contribution in [3.8, 4) is 0 Å². The van der Waals surface area contributed by atoms with E-state index in [-0.39, 0.29) is 12.0 Å². The molecule has 3 fully saturated rings. The average Bonchev–Trinajstić information content (AvgIpc) is 3.33. The van der Waals surface area contributed by atoms with Crippen molar-refractivity contribution in [3.05, 3.63) is 21.9 Å². The van der Waals surface area contributed by atoms with Gasteiger partial charge in [-0.25, -0.2) is 0 Å². The van der Waals surface area contributed by atoms with Gasteiger partial charge in [-0.2, -0.15) is 11.8 Å². The Labute approximate surface area is 152 Å². The van der Waals surface area contributed by atoms with Crippen LogP contribution in [-0.2, 0) is 4.74 Å². The minimum atomic E-state index is 0.211. The molecule has 1 aromatic heterocycles. The molecule has 4 heterocycles. The van der Waals surface area contributed by atoms with Crippen molar-refractivity contribution >= 4 is 29.0 Å². The summed E-state index contributed by atoms with van der Waals surface area (Å²) in [6.45, 7) is 4.66. The van der Waals surface area contributed by atoms with E-state index in [0.29, 0.717) is 0 Å². The Bertz CT molecular complexity index is 557. The fourth-order valence-electron chi connectivity index (χ4n) is 3.94. The number of hydrogen-bond acceptors (Lipinski definition) is 5. The van der Waals surface area contributed by atoms with E-state index in [0.717, 1.165) is 56.5 Å². The van der Waals surface area contributed by atoms with Crippen molar-refractivity contribution in [2.24, 2.45) is 0 Å². The molecule has 0 unspecified atom stereocenters. The first-order chi connectivity index (χ1) is 11.8. The zero-order valence-corrected chi connectivity index (χ0v) is 15.7. The molecule has 1 amide bonds. The first kappa shape index (κ1) is 16.9. The van der Waals surface area contributed by atoms with Gasteiger partial charge in [0.15, 0.2) is 0 Å². The molecule has 0 bridgehead atoms. The van der Waals surface area contributed by atoms with Gasteiger partial charge >= 0.3 is 0 Å². The quantitative estimate of drug-likeness (QED) is 0.822. The van der Waals surface area contributed by atoms with Crippen molar-refractivity contribution in [1.82, 2.24) is 9.80 Å². The molecular weight excluding hydrogens is 340 g/mol. The summed E-state index contributed by atoms with van der Waals surface area (Å²) in [6, 6.07) is 4.83. The van der Waals surface area contributed by atoms with Crippen molar-refractivity contribution in [2.45, 2.75) is 37.8 Å². The molecule has 4 nitrogen and oxygen atoms in total. The van der Waals surface area contributed by atoms with Crippen LogP contribution in [0.2, 0.25) is 0 Å². The molecule has 1 aromatic rings. The third-order valence-electron chi connectivity index (χ3n) is 5.39. The second kappa shape index (κ2) is 7.77. The molecule has 24 heavy (non-hydrogen) atoms. The highest BCUT2D eigenvalue weighted by Gasteiger charge is 2.28. The van der Waals surface area contributed by atoms with Crippen LogP contribution in [0.4, 0.5) is 0 Å². The topological polar surface area (TPSA) is 32.8 Å². The van der Waals surface area contributed by atoms with Gasteiger partial charge in [0.25, 0.3) is 5.91 Å². The lowest BCUT2D eigenvalue weighted by Crippen LogP contribution is -2.52. The van der Waals surface area contributed by atoms with E-state index < -0.39 is 0 Å². The van der Waals surface area contributed by atoms with Crippen LogP contribution in [-0.4, -0.2) is 66.0 Å². The molecule has 0 saturated carbocycles. The summed E-state index contributed by atoms with van der Waals surface area (Å²) in [7, 11) is 0. The number of nitrogens with zero attached hydrogens (tertiary/aromatic N) is 2. The Morgan fingerprint density at radius 3 is 2.58 bits per heavy atom. The maximum atomic E-state index is 12.8. The number of hydrogen-bond donors (Lipinski definition) is 0. The Balaban J connectivity index is 1.32. The SMILES string of the molecule is O=C(c1ccc([C@H]2CCCO2)s1)N1CCN(C2CCSCC2)CC1. The maximum absolute atomic E-state index is 12.8. The highest BCUT2D eigenvalue weighted by Crippen LogP contribution is 2.33. The van der Waals surface area contributed by atoms with E-state index in [1.165, 1.54) is 29.2 Å². The minimum Gasteiger partial charge on any atom is -0.373 e. The molecule has 3 aliphatic rings. The summed E-state index contributed by atoms with van der Waals surface area (Å²) in [5.41, 5.74) is 0. The van der Waals surface area contributed by atoms with Crippen molar-refractivity contribution in [2.75, 3.05) is 44.3 Å². The van der Waals surface area contributed by atoms with E-state index >= 15 is 0 Å². The van der Waals surface area contributed by atoms with Crippen LogP contribution >= 0.6 is 23.1 Å². The molecule has 0 spiro atoms. The monoisotopic (exact) mass is 366 g/mol. The maximum Gasteiger partial charge on any atom is 0.264 e. The van der Waals surface area contributed by atoms with Crippen molar-refractivity contribution in [1.29, 1.82) is 0 Å². The second-order valence-corrected chi connectivity index (χ2v) is 9.22. The molecule has 3 aliphatic heterocycles. The van der Waals surface area contributed by atoms with Gasteiger partial charge in [-0.1, -0.05) is 0 Å². The van der Waals surface area contributed by atoms with Gasteiger partial charge in [-0.15, -0.1) is 11.3 Å². The first-order valence-corrected chi connectivity index (χ1v) is 11.1. The van der Waals surface area contributed by atoms with E-state index in [4.69, 9.17) is 4.74 Å². The average molecular weight is 367 g/mol. The Morgan fingerprint density at radius 1 is 1.08 bits per heavy atom. The van der Waals surface area contributed by atoms with Crippen LogP contribution in [0.15, 0.2) is 12.1 Å². The smallest absolute Gasteiger partial charge is 0.264 e. The summed E-state index contributed by atoms with van der Waals surface area (Å²) in [5.74, 6) is 2.80. The molecule has 132 valence electrons.